The SMILES string of the molecule is OC[C@@H]1O[C@H]1CCOC(c1ccccc1)(c1ccccc1)c1ccccc1. The summed E-state index contributed by atoms with van der Waals surface area (Å²) in [5, 5.41) is 9.20. The molecule has 27 heavy (non-hydrogen) atoms. The number of aliphatic hydroxyl groups is 1. The van der Waals surface area contributed by atoms with Crippen LogP contribution in [0.4, 0.5) is 0 Å². The minimum Gasteiger partial charge on any atom is -0.394 e. The molecule has 0 amide bonds. The highest BCUT2D eigenvalue weighted by atomic mass is 16.6. The first kappa shape index (κ1) is 17.9. The van der Waals surface area contributed by atoms with Crippen molar-refractivity contribution in [3.05, 3.63) is 108 Å². The Hall–Kier alpha value is -2.46. The van der Waals surface area contributed by atoms with Crippen molar-refractivity contribution < 1.29 is 14.6 Å². The zero-order chi connectivity index (χ0) is 18.5. The van der Waals surface area contributed by atoms with Gasteiger partial charge in [-0.05, 0) is 23.1 Å². The summed E-state index contributed by atoms with van der Waals surface area (Å²) in [7, 11) is 0. The van der Waals surface area contributed by atoms with Gasteiger partial charge in [0.15, 0.2) is 0 Å². The van der Waals surface area contributed by atoms with Crippen LogP contribution in [0.3, 0.4) is 0 Å². The molecular weight excluding hydrogens is 336 g/mol. The van der Waals surface area contributed by atoms with E-state index < -0.39 is 5.60 Å². The Kier molecular flexibility index (Phi) is 5.35. The van der Waals surface area contributed by atoms with E-state index in [4.69, 9.17) is 9.47 Å². The molecule has 1 fully saturated rings. The van der Waals surface area contributed by atoms with Gasteiger partial charge < -0.3 is 14.6 Å². The van der Waals surface area contributed by atoms with Gasteiger partial charge in [-0.15, -0.1) is 0 Å². The molecular formula is C24H24O3. The van der Waals surface area contributed by atoms with Crippen molar-refractivity contribution in [3.63, 3.8) is 0 Å². The second kappa shape index (κ2) is 8.05. The van der Waals surface area contributed by atoms with Crippen LogP contribution in [0.15, 0.2) is 91.0 Å². The van der Waals surface area contributed by atoms with E-state index in [1.54, 1.807) is 0 Å². The van der Waals surface area contributed by atoms with Gasteiger partial charge in [-0.2, -0.15) is 0 Å². The average Bonchev–Trinajstić information content (AvgIpc) is 3.52. The van der Waals surface area contributed by atoms with E-state index in [-0.39, 0.29) is 18.8 Å². The van der Waals surface area contributed by atoms with Crippen LogP contribution in [0.2, 0.25) is 0 Å². The second-order valence-electron chi connectivity index (χ2n) is 6.81. The van der Waals surface area contributed by atoms with Gasteiger partial charge in [-0.1, -0.05) is 91.0 Å². The van der Waals surface area contributed by atoms with E-state index in [0.717, 1.165) is 23.1 Å². The molecule has 0 spiro atoms. The van der Waals surface area contributed by atoms with E-state index in [9.17, 15) is 5.11 Å². The standard InChI is InChI=1S/C24H24O3/c25-18-23-22(27-23)16-17-26-24(19-10-4-1-5-11-19,20-12-6-2-7-13-20)21-14-8-3-9-15-21/h1-15,22-23,25H,16-18H2/t22-,23-/m0/s1. The minimum atomic E-state index is -0.687. The fraction of sp³-hybridized carbons (Fsp3) is 0.250. The van der Waals surface area contributed by atoms with Gasteiger partial charge in [0.05, 0.1) is 19.3 Å². The summed E-state index contributed by atoms with van der Waals surface area (Å²) < 4.78 is 12.1. The highest BCUT2D eigenvalue weighted by molar-refractivity contribution is 5.47. The van der Waals surface area contributed by atoms with Crippen LogP contribution in [0.5, 0.6) is 0 Å². The summed E-state index contributed by atoms with van der Waals surface area (Å²) in [6.07, 6.45) is 0.822. The lowest BCUT2D eigenvalue weighted by molar-refractivity contribution is 0.00901. The van der Waals surface area contributed by atoms with Crippen LogP contribution >= 0.6 is 0 Å². The van der Waals surface area contributed by atoms with Crippen molar-refractivity contribution >= 4 is 0 Å². The van der Waals surface area contributed by atoms with Crippen LogP contribution in [-0.4, -0.2) is 30.5 Å². The van der Waals surface area contributed by atoms with Crippen LogP contribution < -0.4 is 0 Å². The summed E-state index contributed by atoms with van der Waals surface area (Å²) in [5.41, 5.74) is 2.60. The van der Waals surface area contributed by atoms with Crippen molar-refractivity contribution in [1.82, 2.24) is 0 Å². The van der Waals surface area contributed by atoms with Crippen molar-refractivity contribution in [2.24, 2.45) is 0 Å². The molecule has 1 aliphatic heterocycles. The number of rotatable bonds is 8. The highest BCUT2D eigenvalue weighted by Gasteiger charge is 2.40. The molecule has 4 rings (SSSR count). The number of benzene rings is 3. The predicted octanol–water partition coefficient (Wildman–Crippen LogP) is 4.14. The Bertz CT molecular complexity index is 737. The molecule has 138 valence electrons. The Morgan fingerprint density at radius 1 is 0.704 bits per heavy atom. The van der Waals surface area contributed by atoms with E-state index >= 15 is 0 Å². The van der Waals surface area contributed by atoms with Gasteiger partial charge in [0.2, 0.25) is 0 Å². The largest absolute Gasteiger partial charge is 0.394 e. The maximum atomic E-state index is 9.20. The molecule has 0 bridgehead atoms. The Morgan fingerprint density at radius 2 is 1.15 bits per heavy atom. The molecule has 3 aromatic rings. The third kappa shape index (κ3) is 3.67. The first-order chi connectivity index (χ1) is 13.3. The van der Waals surface area contributed by atoms with Gasteiger partial charge >= 0.3 is 0 Å². The molecule has 0 aliphatic carbocycles. The topological polar surface area (TPSA) is 42.0 Å². The quantitative estimate of drug-likeness (QED) is 0.485. The van der Waals surface area contributed by atoms with Crippen molar-refractivity contribution in [3.8, 4) is 0 Å². The van der Waals surface area contributed by atoms with Gasteiger partial charge in [-0.3, -0.25) is 0 Å². The molecule has 1 aliphatic rings. The number of hydrogen-bond acceptors (Lipinski definition) is 3. The van der Waals surface area contributed by atoms with E-state index in [1.165, 1.54) is 0 Å². The minimum absolute atomic E-state index is 0.0341. The second-order valence-corrected chi connectivity index (χ2v) is 6.81. The van der Waals surface area contributed by atoms with Crippen LogP contribution in [-0.2, 0) is 15.1 Å². The first-order valence-electron chi connectivity index (χ1n) is 9.41. The molecule has 3 aromatic carbocycles. The summed E-state index contributed by atoms with van der Waals surface area (Å²) in [6.45, 7) is 0.617. The zero-order valence-electron chi connectivity index (χ0n) is 15.2. The van der Waals surface area contributed by atoms with Crippen molar-refractivity contribution in [2.45, 2.75) is 24.2 Å². The van der Waals surface area contributed by atoms with E-state index in [2.05, 4.69) is 36.4 Å². The normalized spacial score (nSPS) is 19.0. The van der Waals surface area contributed by atoms with Gasteiger partial charge in [0, 0.05) is 0 Å². The number of epoxide rings is 1. The first-order valence-corrected chi connectivity index (χ1v) is 9.41. The van der Waals surface area contributed by atoms with Gasteiger partial charge in [0.1, 0.15) is 11.7 Å². The molecule has 3 heteroatoms. The molecule has 1 saturated heterocycles. The predicted molar refractivity (Wildman–Crippen MR) is 106 cm³/mol. The van der Waals surface area contributed by atoms with Gasteiger partial charge in [-0.25, -0.2) is 0 Å². The third-order valence-electron chi connectivity index (χ3n) is 5.13. The molecule has 1 N–H and O–H groups in total. The highest BCUT2D eigenvalue weighted by Crippen LogP contribution is 2.41. The molecule has 1 heterocycles. The number of aliphatic hydroxyl groups excluding tert-OH is 1. The maximum Gasteiger partial charge on any atom is 0.143 e. The summed E-state index contributed by atoms with van der Waals surface area (Å²) in [5.74, 6) is 0. The number of hydrogen-bond donors (Lipinski definition) is 1. The lowest BCUT2D eigenvalue weighted by Gasteiger charge is -2.36. The fourth-order valence-corrected chi connectivity index (χ4v) is 3.69. The molecule has 3 nitrogen and oxygen atoms in total. The summed E-state index contributed by atoms with van der Waals surface area (Å²) in [4.78, 5) is 0. The molecule has 0 unspecified atom stereocenters. The average molecular weight is 360 g/mol. The van der Waals surface area contributed by atoms with Crippen LogP contribution in [0.1, 0.15) is 23.1 Å². The van der Waals surface area contributed by atoms with Crippen LogP contribution in [0, 0.1) is 0 Å². The van der Waals surface area contributed by atoms with E-state index in [0.29, 0.717) is 6.61 Å². The fourth-order valence-electron chi connectivity index (χ4n) is 3.69. The molecule has 2 atom stereocenters. The zero-order valence-corrected chi connectivity index (χ0v) is 15.2. The Labute approximate surface area is 160 Å². The molecule has 0 aromatic heterocycles. The molecule has 0 radical (unpaired) electrons. The Balaban J connectivity index is 1.74. The van der Waals surface area contributed by atoms with Crippen molar-refractivity contribution in [2.75, 3.05) is 13.2 Å². The van der Waals surface area contributed by atoms with Crippen LogP contribution in [0.25, 0.3) is 0 Å². The summed E-state index contributed by atoms with van der Waals surface area (Å²) in [6, 6.07) is 31.0. The van der Waals surface area contributed by atoms with E-state index in [1.807, 2.05) is 54.6 Å². The van der Waals surface area contributed by atoms with Gasteiger partial charge in [0.25, 0.3) is 0 Å². The maximum absolute atomic E-state index is 9.20. The lowest BCUT2D eigenvalue weighted by atomic mass is 9.80. The van der Waals surface area contributed by atoms with Crippen molar-refractivity contribution in [1.29, 1.82) is 0 Å². The Morgan fingerprint density at radius 3 is 1.52 bits per heavy atom. The third-order valence-corrected chi connectivity index (χ3v) is 5.13. The molecule has 0 saturated carbocycles. The monoisotopic (exact) mass is 360 g/mol. The number of ether oxygens (including phenoxy) is 2. The smallest absolute Gasteiger partial charge is 0.143 e. The lowest BCUT2D eigenvalue weighted by Crippen LogP contribution is -2.33. The summed E-state index contributed by atoms with van der Waals surface area (Å²) >= 11 is 0.